The van der Waals surface area contributed by atoms with E-state index in [0.717, 1.165) is 30.3 Å². The van der Waals surface area contributed by atoms with Gasteiger partial charge in [0.25, 0.3) is 5.56 Å². The van der Waals surface area contributed by atoms with Gasteiger partial charge in [-0.1, -0.05) is 23.7 Å². The lowest BCUT2D eigenvalue weighted by molar-refractivity contribution is 0.859. The Labute approximate surface area is 204 Å². The maximum Gasteiger partial charge on any atom is 0.270 e. The van der Waals surface area contributed by atoms with Gasteiger partial charge in [0, 0.05) is 54.6 Å². The Balaban J connectivity index is 1.38. The summed E-state index contributed by atoms with van der Waals surface area (Å²) in [5.74, 6) is 3.15. The molecule has 1 aliphatic rings. The second-order valence-electron chi connectivity index (χ2n) is 7.89. The van der Waals surface area contributed by atoms with Crippen molar-refractivity contribution in [3.63, 3.8) is 0 Å². The van der Waals surface area contributed by atoms with Gasteiger partial charge < -0.3 is 10.2 Å². The summed E-state index contributed by atoms with van der Waals surface area (Å²) in [7, 11) is 0. The Hall–Kier alpha value is -3.56. The van der Waals surface area contributed by atoms with Gasteiger partial charge in [-0.3, -0.25) is 9.20 Å². The number of anilines is 3. The topological polar surface area (TPSA) is 80.3 Å². The monoisotopic (exact) mass is 489 g/mol. The van der Waals surface area contributed by atoms with E-state index in [4.69, 9.17) is 11.6 Å². The average molecular weight is 490 g/mol. The minimum absolute atomic E-state index is 0.280. The number of nitrogens with zero attached hydrogens (tertiary/aromatic N) is 6. The largest absolute Gasteiger partial charge is 0.370 e. The molecule has 0 aliphatic carbocycles. The normalized spacial score (nSPS) is 14.1. The van der Waals surface area contributed by atoms with E-state index < -0.39 is 0 Å². The molecular formula is C24H20ClN7OS. The molecule has 6 rings (SSSR count). The first kappa shape index (κ1) is 21.0. The molecule has 10 heteroatoms. The second kappa shape index (κ2) is 8.66. The highest BCUT2D eigenvalue weighted by Crippen LogP contribution is 2.24. The molecule has 0 spiro atoms. The number of rotatable bonds is 4. The summed E-state index contributed by atoms with van der Waals surface area (Å²) in [6.45, 7) is 2.13. The molecule has 0 atom stereocenters. The molecule has 2 aromatic carbocycles. The smallest absolute Gasteiger partial charge is 0.270 e. The van der Waals surface area contributed by atoms with Gasteiger partial charge in [0.1, 0.15) is 5.39 Å². The number of fused-ring (bicyclic) bond motifs is 3. The fraction of sp³-hybridized carbons (Fsp3) is 0.167. The fourth-order valence-electron chi connectivity index (χ4n) is 4.16. The number of para-hydroxylation sites is 1. The Morgan fingerprint density at radius 1 is 1.00 bits per heavy atom. The summed E-state index contributed by atoms with van der Waals surface area (Å²) in [5, 5.41) is 4.08. The highest BCUT2D eigenvalue weighted by Gasteiger charge is 2.17. The van der Waals surface area contributed by atoms with E-state index in [1.807, 2.05) is 36.0 Å². The maximum atomic E-state index is 13.4. The molecule has 0 amide bonds. The number of hydrogen-bond donors (Lipinski definition) is 1. The standard InChI is InChI=1S/C24H20ClN7OS/c25-19-3-1-2-4-20(19)32-22(33)18-15-27-23(29-21(18)31-10-9-26-24(31)32)28-16-5-7-17(8-6-16)30-11-13-34-14-12-30/h1-10,15H,11-14H2,(H,27,28,29). The van der Waals surface area contributed by atoms with E-state index in [2.05, 4.69) is 37.3 Å². The van der Waals surface area contributed by atoms with Crippen molar-refractivity contribution in [3.8, 4) is 5.69 Å². The van der Waals surface area contributed by atoms with E-state index in [-0.39, 0.29) is 5.56 Å². The molecule has 170 valence electrons. The van der Waals surface area contributed by atoms with Crippen molar-refractivity contribution in [2.75, 3.05) is 34.8 Å². The third-order valence-electron chi connectivity index (χ3n) is 5.84. The Morgan fingerprint density at radius 3 is 2.59 bits per heavy atom. The van der Waals surface area contributed by atoms with Crippen LogP contribution >= 0.6 is 23.4 Å². The van der Waals surface area contributed by atoms with Crippen LogP contribution in [-0.4, -0.2) is 48.5 Å². The summed E-state index contributed by atoms with van der Waals surface area (Å²) in [6.07, 6.45) is 4.95. The van der Waals surface area contributed by atoms with Gasteiger partial charge in [-0.25, -0.2) is 14.5 Å². The molecule has 1 aliphatic heterocycles. The van der Waals surface area contributed by atoms with E-state index >= 15 is 0 Å². The number of nitrogens with one attached hydrogen (secondary N) is 1. The van der Waals surface area contributed by atoms with Crippen molar-refractivity contribution >= 4 is 57.5 Å². The molecule has 1 saturated heterocycles. The van der Waals surface area contributed by atoms with Gasteiger partial charge in [-0.15, -0.1) is 0 Å². The van der Waals surface area contributed by atoms with Crippen LogP contribution in [0.5, 0.6) is 0 Å². The van der Waals surface area contributed by atoms with E-state index in [1.54, 1.807) is 35.1 Å². The summed E-state index contributed by atoms with van der Waals surface area (Å²) in [4.78, 5) is 29.2. The fourth-order valence-corrected chi connectivity index (χ4v) is 5.28. The zero-order valence-electron chi connectivity index (χ0n) is 18.1. The first-order valence-corrected chi connectivity index (χ1v) is 12.4. The predicted molar refractivity (Wildman–Crippen MR) is 138 cm³/mol. The number of halogens is 1. The van der Waals surface area contributed by atoms with Crippen molar-refractivity contribution in [2.45, 2.75) is 0 Å². The molecule has 5 aromatic rings. The van der Waals surface area contributed by atoms with Crippen LogP contribution in [-0.2, 0) is 0 Å². The summed E-state index contributed by atoms with van der Waals surface area (Å²) < 4.78 is 3.25. The minimum Gasteiger partial charge on any atom is -0.370 e. The van der Waals surface area contributed by atoms with Crippen LogP contribution < -0.4 is 15.8 Å². The van der Waals surface area contributed by atoms with E-state index in [0.29, 0.717) is 33.5 Å². The third kappa shape index (κ3) is 3.66. The van der Waals surface area contributed by atoms with Crippen LogP contribution in [0.4, 0.5) is 17.3 Å². The molecular weight excluding hydrogens is 470 g/mol. The molecule has 0 unspecified atom stereocenters. The lowest BCUT2D eigenvalue weighted by Crippen LogP contribution is -2.32. The number of imidazole rings is 1. The van der Waals surface area contributed by atoms with E-state index in [9.17, 15) is 4.79 Å². The summed E-state index contributed by atoms with van der Waals surface area (Å²) >= 11 is 8.38. The molecule has 34 heavy (non-hydrogen) atoms. The molecule has 1 N–H and O–H groups in total. The zero-order valence-corrected chi connectivity index (χ0v) is 19.6. The van der Waals surface area contributed by atoms with Crippen LogP contribution in [0.2, 0.25) is 5.02 Å². The van der Waals surface area contributed by atoms with Gasteiger partial charge in [-0.2, -0.15) is 16.7 Å². The van der Waals surface area contributed by atoms with Crippen molar-refractivity contribution in [1.29, 1.82) is 0 Å². The van der Waals surface area contributed by atoms with Crippen LogP contribution in [0.3, 0.4) is 0 Å². The molecule has 4 heterocycles. The zero-order chi connectivity index (χ0) is 23.1. The lowest BCUT2D eigenvalue weighted by atomic mass is 10.2. The van der Waals surface area contributed by atoms with Crippen molar-refractivity contribution in [1.82, 2.24) is 23.9 Å². The number of benzene rings is 2. The van der Waals surface area contributed by atoms with Gasteiger partial charge in [0.05, 0.1) is 10.7 Å². The van der Waals surface area contributed by atoms with Gasteiger partial charge in [-0.05, 0) is 36.4 Å². The van der Waals surface area contributed by atoms with Gasteiger partial charge in [0.2, 0.25) is 11.7 Å². The summed E-state index contributed by atoms with van der Waals surface area (Å²) in [5.41, 5.74) is 2.84. The minimum atomic E-state index is -0.280. The molecule has 3 aromatic heterocycles. The molecule has 0 bridgehead atoms. The first-order chi connectivity index (χ1) is 16.7. The van der Waals surface area contributed by atoms with Crippen molar-refractivity contribution in [3.05, 3.63) is 82.5 Å². The van der Waals surface area contributed by atoms with Crippen LogP contribution in [0, 0.1) is 0 Å². The Bertz CT molecular complexity index is 1560. The molecule has 0 saturated carbocycles. The van der Waals surface area contributed by atoms with Crippen LogP contribution in [0.25, 0.3) is 22.5 Å². The van der Waals surface area contributed by atoms with Gasteiger partial charge in [0.15, 0.2) is 5.65 Å². The lowest BCUT2D eigenvalue weighted by Gasteiger charge is -2.28. The van der Waals surface area contributed by atoms with E-state index in [1.165, 1.54) is 10.3 Å². The number of hydrogen-bond acceptors (Lipinski definition) is 7. The maximum absolute atomic E-state index is 13.4. The third-order valence-corrected chi connectivity index (χ3v) is 7.11. The quantitative estimate of drug-likeness (QED) is 0.401. The number of thioether (sulfide) groups is 1. The molecule has 0 radical (unpaired) electrons. The molecule has 1 fully saturated rings. The van der Waals surface area contributed by atoms with Crippen molar-refractivity contribution < 1.29 is 0 Å². The van der Waals surface area contributed by atoms with Crippen molar-refractivity contribution in [2.24, 2.45) is 0 Å². The Kier molecular flexibility index (Phi) is 5.35. The van der Waals surface area contributed by atoms with Gasteiger partial charge >= 0.3 is 0 Å². The average Bonchev–Trinajstić information content (AvgIpc) is 3.36. The second-order valence-corrected chi connectivity index (χ2v) is 9.52. The highest BCUT2D eigenvalue weighted by atomic mass is 35.5. The highest BCUT2D eigenvalue weighted by molar-refractivity contribution is 7.99. The first-order valence-electron chi connectivity index (χ1n) is 10.9. The van der Waals surface area contributed by atoms with Crippen LogP contribution in [0.15, 0.2) is 71.9 Å². The van der Waals surface area contributed by atoms with Crippen LogP contribution in [0.1, 0.15) is 0 Å². The molecule has 8 nitrogen and oxygen atoms in total. The SMILES string of the molecule is O=c1c2cnc(Nc3ccc(N4CCSCC4)cc3)nc2n2ccnc2n1-c1ccccc1Cl. The Morgan fingerprint density at radius 2 is 1.79 bits per heavy atom. The summed E-state index contributed by atoms with van der Waals surface area (Å²) in [6, 6.07) is 15.4. The number of aromatic nitrogens is 5. The predicted octanol–water partition coefficient (Wildman–Crippen LogP) is 4.38.